The third-order valence-electron chi connectivity index (χ3n) is 6.34. The van der Waals surface area contributed by atoms with Gasteiger partial charge >= 0.3 is 5.97 Å². The summed E-state index contributed by atoms with van der Waals surface area (Å²) in [5.41, 5.74) is 6.57. The van der Waals surface area contributed by atoms with E-state index in [1.54, 1.807) is 6.07 Å². The van der Waals surface area contributed by atoms with E-state index in [1.165, 1.54) is 11.6 Å². The van der Waals surface area contributed by atoms with E-state index in [2.05, 4.69) is 49.7 Å². The van der Waals surface area contributed by atoms with Gasteiger partial charge in [0.25, 0.3) is 0 Å². The Kier molecular flexibility index (Phi) is 8.41. The number of carboxylic acids is 1. The van der Waals surface area contributed by atoms with Crippen LogP contribution in [-0.2, 0) is 11.2 Å². The summed E-state index contributed by atoms with van der Waals surface area (Å²) in [7, 11) is 0. The fourth-order valence-electron chi connectivity index (χ4n) is 4.61. The normalized spacial score (nSPS) is 14.5. The topological polar surface area (TPSA) is 67.8 Å². The van der Waals surface area contributed by atoms with Crippen LogP contribution in [0, 0.1) is 19.7 Å². The highest BCUT2D eigenvalue weighted by molar-refractivity contribution is 7.98. The maximum absolute atomic E-state index is 14.6. The number of hydrogen-bond acceptors (Lipinski definition) is 5. The number of thioether (sulfide) groups is 1. The van der Waals surface area contributed by atoms with Gasteiger partial charge in [-0.05, 0) is 96.3 Å². The molecule has 0 spiro atoms. The Balaban J connectivity index is 1.52. The molecular weight excluding hydrogens is 477 g/mol. The van der Waals surface area contributed by atoms with Crippen LogP contribution in [0.3, 0.4) is 0 Å². The molecule has 0 fully saturated rings. The number of fused-ring (bicyclic) bond motifs is 1. The molecule has 0 radical (unpaired) electrons. The lowest BCUT2D eigenvalue weighted by Gasteiger charge is -2.29. The summed E-state index contributed by atoms with van der Waals surface area (Å²) in [5, 5.41) is 12.3. The van der Waals surface area contributed by atoms with Crippen molar-refractivity contribution in [3.8, 4) is 22.6 Å². The number of rotatable bonds is 10. The summed E-state index contributed by atoms with van der Waals surface area (Å²) in [6.07, 6.45) is 3.13. The van der Waals surface area contributed by atoms with Gasteiger partial charge in [0.15, 0.2) is 0 Å². The molecular formula is C29H32FNO4S. The first-order valence-electron chi connectivity index (χ1n) is 12.1. The number of benzene rings is 3. The van der Waals surface area contributed by atoms with Gasteiger partial charge in [0.2, 0.25) is 0 Å². The van der Waals surface area contributed by atoms with Crippen LogP contribution in [0.25, 0.3) is 11.1 Å². The first-order chi connectivity index (χ1) is 17.4. The van der Waals surface area contributed by atoms with Crippen LogP contribution in [0.1, 0.15) is 41.1 Å². The molecule has 1 aliphatic rings. The van der Waals surface area contributed by atoms with Gasteiger partial charge in [-0.15, -0.1) is 0 Å². The molecule has 3 aromatic rings. The van der Waals surface area contributed by atoms with Crippen molar-refractivity contribution in [3.63, 3.8) is 0 Å². The summed E-state index contributed by atoms with van der Waals surface area (Å²) >= 11 is 1.82. The zero-order valence-electron chi connectivity index (χ0n) is 20.9. The zero-order chi connectivity index (χ0) is 25.7. The smallest absolute Gasteiger partial charge is 0.303 e. The molecule has 1 heterocycles. The quantitative estimate of drug-likeness (QED) is 0.293. The van der Waals surface area contributed by atoms with E-state index >= 15 is 0 Å². The molecule has 36 heavy (non-hydrogen) atoms. The molecule has 1 aliphatic heterocycles. The highest BCUT2D eigenvalue weighted by Gasteiger charge is 2.23. The van der Waals surface area contributed by atoms with Crippen LogP contribution < -0.4 is 14.8 Å². The van der Waals surface area contributed by atoms with Gasteiger partial charge < -0.3 is 19.9 Å². The van der Waals surface area contributed by atoms with Crippen molar-refractivity contribution in [3.05, 3.63) is 76.6 Å². The largest absolute Gasteiger partial charge is 0.494 e. The van der Waals surface area contributed by atoms with Crippen LogP contribution in [0.2, 0.25) is 0 Å². The molecule has 0 saturated heterocycles. The number of aliphatic carboxylic acids is 1. The Bertz CT molecular complexity index is 1220. The van der Waals surface area contributed by atoms with Gasteiger partial charge in [-0.1, -0.05) is 18.2 Å². The number of nitrogens with one attached hydrogen (secondary N) is 1. The molecule has 4 rings (SSSR count). The fraction of sp³-hybridized carbons (Fsp3) is 0.345. The Hall–Kier alpha value is -3.19. The van der Waals surface area contributed by atoms with E-state index in [0.717, 1.165) is 40.2 Å². The van der Waals surface area contributed by atoms with Crippen LogP contribution >= 0.6 is 11.8 Å². The highest BCUT2D eigenvalue weighted by Crippen LogP contribution is 2.38. The first-order valence-corrected chi connectivity index (χ1v) is 13.5. The third kappa shape index (κ3) is 6.13. The molecule has 0 aromatic heterocycles. The second kappa shape index (κ2) is 11.7. The van der Waals surface area contributed by atoms with Gasteiger partial charge in [-0.2, -0.15) is 11.8 Å². The predicted molar refractivity (Wildman–Crippen MR) is 144 cm³/mol. The van der Waals surface area contributed by atoms with Crippen molar-refractivity contribution in [2.75, 3.05) is 30.5 Å². The van der Waals surface area contributed by atoms with Crippen molar-refractivity contribution in [2.45, 2.75) is 39.2 Å². The summed E-state index contributed by atoms with van der Waals surface area (Å²) in [6, 6.07) is 15.4. The maximum Gasteiger partial charge on any atom is 0.303 e. The van der Waals surface area contributed by atoms with E-state index < -0.39 is 11.8 Å². The number of ether oxygens (including phenoxy) is 2. The van der Waals surface area contributed by atoms with E-state index in [-0.39, 0.29) is 18.9 Å². The number of hydrogen-bond donors (Lipinski definition) is 2. The Labute approximate surface area is 216 Å². The average molecular weight is 510 g/mol. The molecule has 1 atom stereocenters. The molecule has 5 nitrogen and oxygen atoms in total. The maximum atomic E-state index is 14.6. The standard InChI is InChI=1S/C29H32FNO4S/c1-18-12-23(34-10-5-11-36-3)13-19(2)29(18)22-7-4-6-21(14-22)26-17-35-27-15-20(8-9-28(32)33)24(30)16-25(27)31-26/h4,6-7,12-16,26,31H,5,8-11,17H2,1-3H3,(H,32,33). The molecule has 1 unspecified atom stereocenters. The van der Waals surface area contributed by atoms with Crippen molar-refractivity contribution in [1.29, 1.82) is 0 Å². The molecule has 0 aliphatic carbocycles. The van der Waals surface area contributed by atoms with Crippen molar-refractivity contribution >= 4 is 23.4 Å². The molecule has 0 amide bonds. The molecule has 0 bridgehead atoms. The summed E-state index contributed by atoms with van der Waals surface area (Å²) in [6.45, 7) is 5.31. The average Bonchev–Trinajstić information content (AvgIpc) is 2.85. The number of aryl methyl sites for hydroxylation is 3. The number of anilines is 1. The molecule has 190 valence electrons. The SMILES string of the molecule is CSCCCOc1cc(C)c(-c2cccc(C3COc4cc(CCC(=O)O)c(F)cc4N3)c2)c(C)c1. The van der Waals surface area contributed by atoms with E-state index in [9.17, 15) is 9.18 Å². The van der Waals surface area contributed by atoms with Crippen LogP contribution in [-0.4, -0.2) is 36.3 Å². The highest BCUT2D eigenvalue weighted by atomic mass is 32.2. The second-order valence-corrected chi connectivity index (χ2v) is 10.1. The van der Waals surface area contributed by atoms with Gasteiger partial charge in [-0.3, -0.25) is 4.79 Å². The Morgan fingerprint density at radius 2 is 1.97 bits per heavy atom. The van der Waals surface area contributed by atoms with Crippen LogP contribution in [0.15, 0.2) is 48.5 Å². The number of carbonyl (C=O) groups is 1. The summed E-state index contributed by atoms with van der Waals surface area (Å²) in [5.74, 6) is 1.15. The number of halogens is 1. The van der Waals surface area contributed by atoms with Gasteiger partial charge in [0.05, 0.1) is 18.3 Å². The van der Waals surface area contributed by atoms with E-state index in [0.29, 0.717) is 30.2 Å². The van der Waals surface area contributed by atoms with Crippen LogP contribution in [0.5, 0.6) is 11.5 Å². The van der Waals surface area contributed by atoms with Gasteiger partial charge in [0.1, 0.15) is 23.9 Å². The predicted octanol–water partition coefficient (Wildman–Crippen LogP) is 6.80. The summed E-state index contributed by atoms with van der Waals surface area (Å²) in [4.78, 5) is 10.9. The van der Waals surface area contributed by atoms with Crippen LogP contribution in [0.4, 0.5) is 10.1 Å². The van der Waals surface area contributed by atoms with E-state index in [4.69, 9.17) is 14.6 Å². The Morgan fingerprint density at radius 1 is 1.19 bits per heavy atom. The minimum Gasteiger partial charge on any atom is -0.494 e. The van der Waals surface area contributed by atoms with Crippen molar-refractivity contribution < 1.29 is 23.8 Å². The van der Waals surface area contributed by atoms with Crippen molar-refractivity contribution in [1.82, 2.24) is 0 Å². The minimum absolute atomic E-state index is 0.123. The van der Waals surface area contributed by atoms with Crippen molar-refractivity contribution in [2.24, 2.45) is 0 Å². The fourth-order valence-corrected chi connectivity index (χ4v) is 5.02. The Morgan fingerprint density at radius 3 is 2.69 bits per heavy atom. The van der Waals surface area contributed by atoms with Gasteiger partial charge in [-0.25, -0.2) is 4.39 Å². The lowest BCUT2D eigenvalue weighted by molar-refractivity contribution is -0.136. The molecule has 2 N–H and O–H groups in total. The molecule has 0 saturated carbocycles. The monoisotopic (exact) mass is 509 g/mol. The first kappa shape index (κ1) is 25.9. The zero-order valence-corrected chi connectivity index (χ0v) is 21.7. The molecule has 3 aromatic carbocycles. The lowest BCUT2D eigenvalue weighted by atomic mass is 9.92. The second-order valence-electron chi connectivity index (χ2n) is 9.09. The lowest BCUT2D eigenvalue weighted by Crippen LogP contribution is -2.24. The van der Waals surface area contributed by atoms with Gasteiger partial charge in [0, 0.05) is 12.5 Å². The third-order valence-corrected chi connectivity index (χ3v) is 7.03. The number of carboxylic acid groups (broad SMARTS) is 1. The summed E-state index contributed by atoms with van der Waals surface area (Å²) < 4.78 is 26.5. The minimum atomic E-state index is -0.954. The molecule has 7 heteroatoms. The van der Waals surface area contributed by atoms with E-state index in [1.807, 2.05) is 23.9 Å².